The topological polar surface area (TPSA) is 26.3 Å². The molecule has 0 saturated carbocycles. The van der Waals surface area contributed by atoms with E-state index in [4.69, 9.17) is 10.9 Å². The molecule has 0 amide bonds. The molecule has 0 aromatic carbocycles. The second-order valence-electron chi connectivity index (χ2n) is 1.45. The Morgan fingerprint density at radius 1 is 1.90 bits per heavy atom. The van der Waals surface area contributed by atoms with Gasteiger partial charge >= 0.3 is 5.77 Å². The number of rotatable bonds is 1. The fraction of sp³-hybridized carbons (Fsp3) is 0.200. The zero-order chi connectivity index (χ0) is 7.61. The van der Waals surface area contributed by atoms with Crippen LogP contribution in [0.5, 0.6) is 0 Å². The number of terminal acetylenes is 1. The van der Waals surface area contributed by atoms with Crippen LogP contribution in [-0.4, -0.2) is 7.11 Å². The normalized spacial score (nSPS) is 31.4. The van der Waals surface area contributed by atoms with Gasteiger partial charge < -0.3 is 4.52 Å². The summed E-state index contributed by atoms with van der Waals surface area (Å²) in [6, 6.07) is 0. The largest absolute Gasteiger partial charge is 0.322 e. The predicted octanol–water partition coefficient (Wildman–Crippen LogP) is 2.70. The Labute approximate surface area is 67.7 Å². The maximum atomic E-state index is 11.3. The second-order valence-corrected chi connectivity index (χ2v) is 8.54. The van der Waals surface area contributed by atoms with E-state index < -0.39 is 5.77 Å². The van der Waals surface area contributed by atoms with Crippen molar-refractivity contribution in [1.82, 2.24) is 0 Å². The molecule has 0 spiro atoms. The van der Waals surface area contributed by atoms with Gasteiger partial charge in [0.25, 0.3) is 0 Å². The molecule has 0 aliphatic carbocycles. The van der Waals surface area contributed by atoms with E-state index in [1.165, 1.54) is 18.5 Å². The highest BCUT2D eigenvalue weighted by Crippen LogP contribution is 2.76. The van der Waals surface area contributed by atoms with E-state index in [9.17, 15) is 4.57 Å². The minimum Gasteiger partial charge on any atom is -0.316 e. The van der Waals surface area contributed by atoms with Crippen molar-refractivity contribution in [3.05, 3.63) is 10.3 Å². The zero-order valence-electron chi connectivity index (χ0n) is 5.23. The van der Waals surface area contributed by atoms with E-state index in [0.29, 0.717) is 4.91 Å². The van der Waals surface area contributed by atoms with Gasteiger partial charge in [0.2, 0.25) is 0 Å². The summed E-state index contributed by atoms with van der Waals surface area (Å²) >= 11 is 2.30. The molecule has 1 unspecified atom stereocenters. The van der Waals surface area contributed by atoms with Crippen molar-refractivity contribution >= 4 is 28.5 Å². The Hall–Kier alpha value is 0.190. The molecule has 1 atom stereocenters. The molecule has 0 saturated heterocycles. The number of hydrogen-bond donors (Lipinski definition) is 0. The first-order valence-electron chi connectivity index (χ1n) is 2.41. The fourth-order valence-corrected chi connectivity index (χ4v) is 5.82. The van der Waals surface area contributed by atoms with Gasteiger partial charge in [-0.2, -0.15) is 0 Å². The Bertz CT molecular complexity index is 253. The summed E-state index contributed by atoms with van der Waals surface area (Å²) in [5, 5.41) is 1.69. The summed E-state index contributed by atoms with van der Waals surface area (Å²) in [6.07, 6.45) is 5.08. The summed E-state index contributed by atoms with van der Waals surface area (Å²) in [5.41, 5.74) is 0. The average Bonchev–Trinajstić information content (AvgIpc) is 2.33. The van der Waals surface area contributed by atoms with Crippen LogP contribution in [0, 0.1) is 12.3 Å². The Balaban J connectivity index is 2.70. The summed E-state index contributed by atoms with van der Waals surface area (Å²) in [4.78, 5) is 0.690. The van der Waals surface area contributed by atoms with Crippen LogP contribution in [0.4, 0.5) is 0 Å². The molecule has 1 rings (SSSR count). The smallest absolute Gasteiger partial charge is 0.316 e. The summed E-state index contributed by atoms with van der Waals surface area (Å²) in [7, 11) is 1.42. The molecule has 54 valence electrons. The molecule has 1 aliphatic heterocycles. The van der Waals surface area contributed by atoms with E-state index in [2.05, 4.69) is 5.92 Å². The van der Waals surface area contributed by atoms with E-state index in [-0.39, 0.29) is 0 Å². The zero-order valence-corrected chi connectivity index (χ0v) is 7.76. The first kappa shape index (κ1) is 8.29. The summed E-state index contributed by atoms with van der Waals surface area (Å²) in [6.45, 7) is 0. The molecule has 10 heavy (non-hydrogen) atoms. The van der Waals surface area contributed by atoms with Crippen molar-refractivity contribution in [3.63, 3.8) is 0 Å². The molecule has 1 aliphatic rings. The van der Waals surface area contributed by atoms with Gasteiger partial charge in [0.15, 0.2) is 0 Å². The molecule has 5 heteroatoms. The molecule has 0 aromatic heterocycles. The van der Waals surface area contributed by atoms with Crippen molar-refractivity contribution in [2.24, 2.45) is 0 Å². The highest BCUT2D eigenvalue weighted by atomic mass is 33.1. The van der Waals surface area contributed by atoms with Crippen LogP contribution < -0.4 is 0 Å². The van der Waals surface area contributed by atoms with Crippen LogP contribution in [0.2, 0.25) is 0 Å². The minimum absolute atomic E-state index is 0.690. The van der Waals surface area contributed by atoms with Crippen LogP contribution in [0.25, 0.3) is 0 Å². The van der Waals surface area contributed by atoms with E-state index in [1.54, 1.807) is 5.41 Å². The van der Waals surface area contributed by atoms with Gasteiger partial charge in [-0.25, -0.2) is 0 Å². The van der Waals surface area contributed by atoms with E-state index in [1.807, 2.05) is 0 Å². The van der Waals surface area contributed by atoms with Gasteiger partial charge in [-0.05, 0) is 22.8 Å². The van der Waals surface area contributed by atoms with E-state index >= 15 is 0 Å². The van der Waals surface area contributed by atoms with Crippen LogP contribution in [-0.2, 0) is 9.09 Å². The Kier molecular flexibility index (Phi) is 2.54. The summed E-state index contributed by atoms with van der Waals surface area (Å²) in [5.74, 6) is -0.121. The quantitative estimate of drug-likeness (QED) is 0.471. The summed E-state index contributed by atoms with van der Waals surface area (Å²) < 4.78 is 16.1. The van der Waals surface area contributed by atoms with Gasteiger partial charge in [-0.15, -0.1) is 6.42 Å². The Morgan fingerprint density at radius 2 is 2.60 bits per heavy atom. The number of hydrogen-bond acceptors (Lipinski definition) is 4. The van der Waals surface area contributed by atoms with Crippen LogP contribution in [0.3, 0.4) is 0 Å². The maximum absolute atomic E-state index is 11.3. The van der Waals surface area contributed by atoms with Crippen LogP contribution >= 0.6 is 28.5 Å². The van der Waals surface area contributed by atoms with Crippen LogP contribution in [0.1, 0.15) is 0 Å². The lowest BCUT2D eigenvalue weighted by atomic mass is 10.7. The fourth-order valence-electron chi connectivity index (χ4n) is 0.417. The van der Waals surface area contributed by atoms with Crippen molar-refractivity contribution in [2.45, 2.75) is 0 Å². The first-order chi connectivity index (χ1) is 4.70. The average molecular weight is 192 g/mol. The third kappa shape index (κ3) is 1.62. The third-order valence-corrected chi connectivity index (χ3v) is 7.41. The van der Waals surface area contributed by atoms with Gasteiger partial charge in [0, 0.05) is 12.5 Å². The molecule has 2 nitrogen and oxygen atoms in total. The van der Waals surface area contributed by atoms with E-state index in [0.717, 1.165) is 11.4 Å². The standard InChI is InChI=1S/C5H5O2PS2/c1-3-5-4-9-8(6,7-2)10-5/h1,4H,2H3. The highest BCUT2D eigenvalue weighted by Gasteiger charge is 2.29. The van der Waals surface area contributed by atoms with Gasteiger partial charge in [0.05, 0.1) is 4.91 Å². The third-order valence-electron chi connectivity index (χ3n) is 0.865. The van der Waals surface area contributed by atoms with Gasteiger partial charge in [0.1, 0.15) is 0 Å². The molecule has 0 bridgehead atoms. The molecular weight excluding hydrogens is 187 g/mol. The lowest BCUT2D eigenvalue weighted by molar-refractivity contribution is 0.424. The molecule has 1 heterocycles. The molecule has 0 radical (unpaired) electrons. The monoisotopic (exact) mass is 192 g/mol. The lowest BCUT2D eigenvalue weighted by Crippen LogP contribution is -1.67. The molecule has 0 aromatic rings. The van der Waals surface area contributed by atoms with Gasteiger partial charge in [-0.1, -0.05) is 5.92 Å². The highest BCUT2D eigenvalue weighted by molar-refractivity contribution is 8.92. The molecular formula is C5H5O2PS2. The molecule has 0 fully saturated rings. The second kappa shape index (κ2) is 3.06. The number of allylic oxidation sites excluding steroid dienone is 1. The first-order valence-corrected chi connectivity index (χ1v) is 6.94. The van der Waals surface area contributed by atoms with Crippen molar-refractivity contribution in [1.29, 1.82) is 0 Å². The van der Waals surface area contributed by atoms with Gasteiger partial charge in [-0.3, -0.25) is 4.57 Å². The van der Waals surface area contributed by atoms with Crippen molar-refractivity contribution < 1.29 is 9.09 Å². The minimum atomic E-state index is -2.53. The van der Waals surface area contributed by atoms with Crippen molar-refractivity contribution in [2.75, 3.05) is 7.11 Å². The molecule has 0 N–H and O–H groups in total. The van der Waals surface area contributed by atoms with Crippen molar-refractivity contribution in [3.8, 4) is 12.3 Å². The SMILES string of the molecule is C#CC1=CSP(=O)(OC)S1. The lowest BCUT2D eigenvalue weighted by Gasteiger charge is -2.03. The predicted molar refractivity (Wildman–Crippen MR) is 46.7 cm³/mol. The Morgan fingerprint density at radius 3 is 2.90 bits per heavy atom. The maximum Gasteiger partial charge on any atom is 0.322 e. The van der Waals surface area contributed by atoms with Crippen LogP contribution in [0.15, 0.2) is 10.3 Å².